The summed E-state index contributed by atoms with van der Waals surface area (Å²) in [6, 6.07) is 5.75. The number of hydrogen-bond acceptors (Lipinski definition) is 5. The number of amides is 1. The summed E-state index contributed by atoms with van der Waals surface area (Å²) in [5, 5.41) is 0. The molecule has 25 heavy (non-hydrogen) atoms. The van der Waals surface area contributed by atoms with Crippen molar-refractivity contribution < 1.29 is 14.3 Å². The molecule has 2 rings (SSSR count). The Morgan fingerprint density at radius 1 is 1.20 bits per heavy atom. The van der Waals surface area contributed by atoms with Crippen LogP contribution in [0.5, 0.6) is 5.75 Å². The molecule has 1 fully saturated rings. The van der Waals surface area contributed by atoms with Gasteiger partial charge in [0.25, 0.3) is 0 Å². The fraction of sp³-hybridized carbons (Fsp3) is 0.632. The summed E-state index contributed by atoms with van der Waals surface area (Å²) in [5.74, 6) is 0.862. The van der Waals surface area contributed by atoms with E-state index in [2.05, 4.69) is 4.90 Å². The van der Waals surface area contributed by atoms with Crippen molar-refractivity contribution in [2.75, 3.05) is 45.1 Å². The Hall–Kier alpha value is -1.95. The van der Waals surface area contributed by atoms with Crippen molar-refractivity contribution in [1.29, 1.82) is 0 Å². The lowest BCUT2D eigenvalue weighted by Gasteiger charge is -2.35. The van der Waals surface area contributed by atoms with Crippen LogP contribution < -0.4 is 10.5 Å². The first-order chi connectivity index (χ1) is 11.7. The Bertz CT molecular complexity index is 576. The maximum Gasteiger partial charge on any atom is 0.410 e. The fourth-order valence-electron chi connectivity index (χ4n) is 2.70. The number of carbonyl (C=O) groups is 1. The van der Waals surface area contributed by atoms with Crippen LogP contribution in [-0.2, 0) is 4.74 Å². The van der Waals surface area contributed by atoms with Crippen molar-refractivity contribution >= 4 is 11.8 Å². The van der Waals surface area contributed by atoms with Crippen LogP contribution in [0.25, 0.3) is 0 Å². The van der Waals surface area contributed by atoms with Crippen molar-refractivity contribution in [3.8, 4) is 5.75 Å². The summed E-state index contributed by atoms with van der Waals surface area (Å²) in [6.07, 6.45) is 0.741. The number of hydrogen-bond donors (Lipinski definition) is 1. The van der Waals surface area contributed by atoms with Crippen LogP contribution in [-0.4, -0.2) is 60.8 Å². The molecule has 1 aliphatic heterocycles. The second-order valence-electron chi connectivity index (χ2n) is 7.53. The zero-order valence-corrected chi connectivity index (χ0v) is 15.9. The van der Waals surface area contributed by atoms with Crippen molar-refractivity contribution in [2.45, 2.75) is 39.7 Å². The highest BCUT2D eigenvalue weighted by Crippen LogP contribution is 2.18. The Labute approximate surface area is 150 Å². The molecule has 1 aromatic carbocycles. The standard InChI is InChI=1S/C19H31N3O3/c1-15-14-16(6-7-17(15)20)24-13-5-8-21-9-11-22(12-10-21)18(23)25-19(2,3)4/h6-7,14H,5,8-13,20H2,1-4H3. The Kier molecular flexibility index (Phi) is 6.53. The monoisotopic (exact) mass is 349 g/mol. The highest BCUT2D eigenvalue weighted by molar-refractivity contribution is 5.68. The van der Waals surface area contributed by atoms with E-state index in [-0.39, 0.29) is 6.09 Å². The van der Waals surface area contributed by atoms with Gasteiger partial charge in [0.2, 0.25) is 0 Å². The van der Waals surface area contributed by atoms with Crippen LogP contribution in [0.2, 0.25) is 0 Å². The number of aryl methyl sites for hydroxylation is 1. The lowest BCUT2D eigenvalue weighted by atomic mass is 10.2. The van der Waals surface area contributed by atoms with E-state index in [0.717, 1.165) is 43.1 Å². The van der Waals surface area contributed by atoms with E-state index in [9.17, 15) is 4.79 Å². The number of nitrogens with zero attached hydrogens (tertiary/aromatic N) is 2. The first kappa shape index (κ1) is 19.4. The van der Waals surface area contributed by atoms with E-state index in [1.807, 2.05) is 45.9 Å². The smallest absolute Gasteiger partial charge is 0.410 e. The van der Waals surface area contributed by atoms with Gasteiger partial charge in [-0.15, -0.1) is 0 Å². The summed E-state index contributed by atoms with van der Waals surface area (Å²) in [4.78, 5) is 16.2. The maximum atomic E-state index is 12.0. The molecule has 0 saturated carbocycles. The van der Waals surface area contributed by atoms with Gasteiger partial charge in [0.05, 0.1) is 6.61 Å². The normalized spacial score (nSPS) is 15.9. The average molecular weight is 349 g/mol. The van der Waals surface area contributed by atoms with Crippen molar-refractivity contribution in [3.05, 3.63) is 23.8 Å². The molecule has 0 spiro atoms. The third kappa shape index (κ3) is 6.46. The summed E-state index contributed by atoms with van der Waals surface area (Å²) in [5.41, 5.74) is 7.19. The highest BCUT2D eigenvalue weighted by Gasteiger charge is 2.25. The van der Waals surface area contributed by atoms with Crippen LogP contribution in [0.3, 0.4) is 0 Å². The van der Waals surface area contributed by atoms with Gasteiger partial charge in [-0.1, -0.05) is 0 Å². The van der Waals surface area contributed by atoms with E-state index in [1.54, 1.807) is 4.90 Å². The molecule has 6 heteroatoms. The molecule has 0 atom stereocenters. The zero-order chi connectivity index (χ0) is 18.4. The van der Waals surface area contributed by atoms with Gasteiger partial charge in [-0.05, 0) is 57.9 Å². The van der Waals surface area contributed by atoms with Crippen molar-refractivity contribution in [3.63, 3.8) is 0 Å². The molecule has 1 heterocycles. The van der Waals surface area contributed by atoms with E-state index in [4.69, 9.17) is 15.2 Å². The number of nitrogen functional groups attached to an aromatic ring is 1. The number of rotatable bonds is 5. The van der Waals surface area contributed by atoms with Gasteiger partial charge in [0.15, 0.2) is 0 Å². The molecular formula is C19H31N3O3. The Balaban J connectivity index is 1.64. The van der Waals surface area contributed by atoms with Crippen molar-refractivity contribution in [1.82, 2.24) is 9.80 Å². The molecule has 0 aliphatic carbocycles. The lowest BCUT2D eigenvalue weighted by molar-refractivity contribution is 0.0142. The first-order valence-corrected chi connectivity index (χ1v) is 8.94. The number of nitrogens with two attached hydrogens (primary N) is 1. The number of benzene rings is 1. The van der Waals surface area contributed by atoms with Crippen LogP contribution >= 0.6 is 0 Å². The molecular weight excluding hydrogens is 318 g/mol. The van der Waals surface area contributed by atoms with Gasteiger partial charge in [-0.3, -0.25) is 4.90 Å². The quantitative estimate of drug-likeness (QED) is 0.654. The van der Waals surface area contributed by atoms with Gasteiger partial charge >= 0.3 is 6.09 Å². The molecule has 0 radical (unpaired) electrons. The predicted molar refractivity (Wildman–Crippen MR) is 100.0 cm³/mol. The molecule has 0 aromatic heterocycles. The van der Waals surface area contributed by atoms with Gasteiger partial charge < -0.3 is 20.1 Å². The fourth-order valence-corrected chi connectivity index (χ4v) is 2.70. The zero-order valence-electron chi connectivity index (χ0n) is 15.9. The van der Waals surface area contributed by atoms with E-state index in [1.165, 1.54) is 0 Å². The number of ether oxygens (including phenoxy) is 2. The lowest BCUT2D eigenvalue weighted by Crippen LogP contribution is -2.50. The molecule has 6 nitrogen and oxygen atoms in total. The minimum Gasteiger partial charge on any atom is -0.494 e. The minimum absolute atomic E-state index is 0.214. The largest absolute Gasteiger partial charge is 0.494 e. The van der Waals surface area contributed by atoms with Gasteiger partial charge in [0.1, 0.15) is 11.4 Å². The predicted octanol–water partition coefficient (Wildman–Crippen LogP) is 2.90. The maximum absolute atomic E-state index is 12.0. The third-order valence-electron chi connectivity index (χ3n) is 4.15. The molecule has 0 bridgehead atoms. The second-order valence-corrected chi connectivity index (χ2v) is 7.53. The summed E-state index contributed by atoms with van der Waals surface area (Å²) >= 11 is 0. The molecule has 1 aliphatic rings. The van der Waals surface area contributed by atoms with E-state index in [0.29, 0.717) is 19.7 Å². The molecule has 1 saturated heterocycles. The van der Waals surface area contributed by atoms with Crippen LogP contribution in [0.1, 0.15) is 32.8 Å². The molecule has 1 amide bonds. The molecule has 1 aromatic rings. The molecule has 140 valence electrons. The summed E-state index contributed by atoms with van der Waals surface area (Å²) in [7, 11) is 0. The van der Waals surface area contributed by atoms with Crippen LogP contribution in [0.15, 0.2) is 18.2 Å². The SMILES string of the molecule is Cc1cc(OCCCN2CCN(C(=O)OC(C)(C)C)CC2)ccc1N. The van der Waals surface area contributed by atoms with Crippen molar-refractivity contribution in [2.24, 2.45) is 0 Å². The number of carbonyl (C=O) groups excluding carboxylic acids is 1. The van der Waals surface area contributed by atoms with Crippen LogP contribution in [0, 0.1) is 6.92 Å². The third-order valence-corrected chi connectivity index (χ3v) is 4.15. The topological polar surface area (TPSA) is 68.0 Å². The number of piperazine rings is 1. The van der Waals surface area contributed by atoms with E-state index < -0.39 is 5.60 Å². The highest BCUT2D eigenvalue weighted by atomic mass is 16.6. The average Bonchev–Trinajstić information content (AvgIpc) is 2.54. The van der Waals surface area contributed by atoms with Gasteiger partial charge in [-0.25, -0.2) is 4.79 Å². The molecule has 0 unspecified atom stereocenters. The number of anilines is 1. The van der Waals surface area contributed by atoms with Gasteiger partial charge in [-0.2, -0.15) is 0 Å². The molecule has 2 N–H and O–H groups in total. The Morgan fingerprint density at radius 2 is 1.88 bits per heavy atom. The van der Waals surface area contributed by atoms with E-state index >= 15 is 0 Å². The summed E-state index contributed by atoms with van der Waals surface area (Å²) < 4.78 is 11.2. The minimum atomic E-state index is -0.438. The van der Waals surface area contributed by atoms with Gasteiger partial charge in [0, 0.05) is 38.4 Å². The Morgan fingerprint density at radius 3 is 2.48 bits per heavy atom. The first-order valence-electron chi connectivity index (χ1n) is 8.94. The summed E-state index contributed by atoms with van der Waals surface area (Å²) in [6.45, 7) is 12.5. The van der Waals surface area contributed by atoms with Crippen LogP contribution in [0.4, 0.5) is 10.5 Å². The second kappa shape index (κ2) is 8.43.